The molecule has 4 aliphatic rings. The zero-order valence-electron chi connectivity index (χ0n) is 29.1. The third-order valence-electron chi connectivity index (χ3n) is 10.7. The summed E-state index contributed by atoms with van der Waals surface area (Å²) < 4.78 is 0. The summed E-state index contributed by atoms with van der Waals surface area (Å²) in [7, 11) is 0. The lowest BCUT2D eigenvalue weighted by Crippen LogP contribution is -2.20. The van der Waals surface area contributed by atoms with Crippen molar-refractivity contribution in [2.75, 3.05) is 0 Å². The second kappa shape index (κ2) is 14.6. The van der Waals surface area contributed by atoms with Crippen LogP contribution in [0.5, 0.6) is 0 Å². The second-order valence-corrected chi connectivity index (χ2v) is 14.0. The van der Waals surface area contributed by atoms with Gasteiger partial charge in [0.1, 0.15) is 0 Å². The maximum absolute atomic E-state index is 5.34. The maximum Gasteiger partial charge on any atom is 0.0715 e. The Hall–Kier alpha value is -5.79. The number of hydrogen-bond acceptors (Lipinski definition) is 1. The fourth-order valence-corrected chi connectivity index (χ4v) is 7.98. The van der Waals surface area contributed by atoms with E-state index >= 15 is 0 Å². The Morgan fingerprint density at radius 3 is 2.04 bits per heavy atom. The van der Waals surface area contributed by atoms with E-state index < -0.39 is 0 Å². The topological polar surface area (TPSA) is 12.4 Å². The molecule has 4 aromatic carbocycles. The Balaban J connectivity index is 1.08. The van der Waals surface area contributed by atoms with Gasteiger partial charge in [0.2, 0.25) is 0 Å². The maximum atomic E-state index is 5.34. The third kappa shape index (κ3) is 6.98. The summed E-state index contributed by atoms with van der Waals surface area (Å²) in [6.07, 6.45) is 26.9. The van der Waals surface area contributed by atoms with E-state index in [2.05, 4.69) is 177 Å². The molecule has 0 N–H and O–H groups in total. The van der Waals surface area contributed by atoms with Crippen LogP contribution in [0.2, 0.25) is 0 Å². The van der Waals surface area contributed by atoms with Gasteiger partial charge in [-0.05, 0) is 99.4 Å². The molecule has 3 aliphatic carbocycles. The number of benzene rings is 4. The summed E-state index contributed by atoms with van der Waals surface area (Å²) >= 11 is 0. The molecule has 1 heteroatoms. The molecule has 8 rings (SSSR count). The van der Waals surface area contributed by atoms with Crippen LogP contribution < -0.4 is 0 Å². The zero-order valence-corrected chi connectivity index (χ0v) is 29.1. The van der Waals surface area contributed by atoms with Crippen LogP contribution in [0.25, 0.3) is 28.0 Å². The van der Waals surface area contributed by atoms with Crippen molar-refractivity contribution in [2.24, 2.45) is 16.8 Å². The van der Waals surface area contributed by atoms with Gasteiger partial charge >= 0.3 is 0 Å². The van der Waals surface area contributed by atoms with Crippen LogP contribution in [-0.4, -0.2) is 5.71 Å². The van der Waals surface area contributed by atoms with Crippen molar-refractivity contribution in [3.05, 3.63) is 222 Å². The molecule has 1 nitrogen and oxygen atoms in total. The van der Waals surface area contributed by atoms with Gasteiger partial charge in [0.15, 0.2) is 0 Å². The molecule has 3 atom stereocenters. The van der Waals surface area contributed by atoms with E-state index in [0.717, 1.165) is 52.9 Å². The minimum atomic E-state index is 0.258. The monoisotopic (exact) mass is 657 g/mol. The van der Waals surface area contributed by atoms with Crippen LogP contribution >= 0.6 is 0 Å². The number of hydrogen-bond donors (Lipinski definition) is 0. The molecule has 3 unspecified atom stereocenters. The van der Waals surface area contributed by atoms with E-state index in [4.69, 9.17) is 4.99 Å². The molecule has 1 aliphatic heterocycles. The second-order valence-electron chi connectivity index (χ2n) is 14.0. The van der Waals surface area contributed by atoms with Gasteiger partial charge in [-0.25, -0.2) is 4.99 Å². The quantitative estimate of drug-likeness (QED) is 0.175. The lowest BCUT2D eigenvalue weighted by atomic mass is 9.71. The molecule has 51 heavy (non-hydrogen) atoms. The van der Waals surface area contributed by atoms with Crippen molar-refractivity contribution in [2.45, 2.75) is 31.6 Å². The average molecular weight is 658 g/mol. The van der Waals surface area contributed by atoms with Gasteiger partial charge < -0.3 is 0 Å². The van der Waals surface area contributed by atoms with Gasteiger partial charge in [-0.1, -0.05) is 171 Å². The Labute approximate surface area is 303 Å². The van der Waals surface area contributed by atoms with E-state index in [0.29, 0.717) is 11.8 Å². The lowest BCUT2D eigenvalue weighted by Gasteiger charge is -2.33. The Morgan fingerprint density at radius 2 is 1.31 bits per heavy atom. The minimum absolute atomic E-state index is 0.258. The Morgan fingerprint density at radius 1 is 0.627 bits per heavy atom. The summed E-state index contributed by atoms with van der Waals surface area (Å²) in [6, 6.07) is 39.1. The molecule has 1 heterocycles. The van der Waals surface area contributed by atoms with Crippen LogP contribution in [0, 0.1) is 11.8 Å². The Bertz CT molecular complexity index is 2190. The van der Waals surface area contributed by atoms with Gasteiger partial charge in [0.05, 0.1) is 11.4 Å². The lowest BCUT2D eigenvalue weighted by molar-refractivity contribution is 0.415. The highest BCUT2D eigenvalue weighted by atomic mass is 14.8. The van der Waals surface area contributed by atoms with Gasteiger partial charge in [-0.3, -0.25) is 0 Å². The van der Waals surface area contributed by atoms with Gasteiger partial charge in [0.25, 0.3) is 0 Å². The van der Waals surface area contributed by atoms with E-state index in [1.807, 2.05) is 6.07 Å². The van der Waals surface area contributed by atoms with Gasteiger partial charge in [-0.2, -0.15) is 0 Å². The van der Waals surface area contributed by atoms with Crippen molar-refractivity contribution in [3.8, 4) is 11.1 Å². The largest absolute Gasteiger partial charge is 0.248 e. The highest BCUT2D eigenvalue weighted by Gasteiger charge is 2.29. The highest BCUT2D eigenvalue weighted by Crippen LogP contribution is 2.43. The number of rotatable bonds is 7. The average Bonchev–Trinajstić information content (AvgIpc) is 3.38. The fourth-order valence-electron chi connectivity index (χ4n) is 7.98. The zero-order chi connectivity index (χ0) is 34.6. The standard InChI is InChI=1S/C50H43N/c1-35-14-12-23-46(50(35)43-19-10-5-11-20-43)40-28-26-39(27-29-40)44-21-13-22-45(33-44)49-34-47(36(2)32-48(51-49)42-17-8-4-9-18-42)41-30-24-38(25-31-41)37-15-6-3-7-16-37/h3-10,12-18,21-32,34,43-44,50H,1-2,11,19-20,33H2. The molecule has 0 radical (unpaired) electrons. The molecule has 0 bridgehead atoms. The van der Waals surface area contributed by atoms with Crippen LogP contribution in [0.3, 0.4) is 0 Å². The molecular formula is C50H43N. The smallest absolute Gasteiger partial charge is 0.0715 e. The van der Waals surface area contributed by atoms with Crippen LogP contribution in [0.15, 0.2) is 205 Å². The predicted molar refractivity (Wildman–Crippen MR) is 218 cm³/mol. The van der Waals surface area contributed by atoms with E-state index in [9.17, 15) is 0 Å². The van der Waals surface area contributed by atoms with Crippen molar-refractivity contribution >= 4 is 22.6 Å². The molecule has 0 spiro atoms. The first-order chi connectivity index (χ1) is 25.1. The molecular weight excluding hydrogens is 615 g/mol. The van der Waals surface area contributed by atoms with Crippen molar-refractivity contribution in [1.82, 2.24) is 0 Å². The number of allylic oxidation sites excluding steroid dienone is 15. The first kappa shape index (κ1) is 32.4. The predicted octanol–water partition coefficient (Wildman–Crippen LogP) is 12.9. The SMILES string of the molecule is C=C1C=C(c2ccccc2)N=C(C2=CC=CC(c3ccc(C4=CC=CC(=C)C4C4CC=CCC4)cc3)C2)C=C1c1ccc(-c2ccccc2)cc1. The summed E-state index contributed by atoms with van der Waals surface area (Å²) in [5.41, 5.74) is 15.1. The summed E-state index contributed by atoms with van der Waals surface area (Å²) in [5.74, 6) is 1.24. The Kier molecular flexibility index (Phi) is 9.28. The first-order valence-corrected chi connectivity index (χ1v) is 18.2. The summed E-state index contributed by atoms with van der Waals surface area (Å²) in [4.78, 5) is 5.34. The minimum Gasteiger partial charge on any atom is -0.248 e. The first-order valence-electron chi connectivity index (χ1n) is 18.2. The molecule has 0 fully saturated rings. The number of nitrogens with zero attached hydrogens (tertiary/aromatic N) is 1. The molecule has 0 amide bonds. The summed E-state index contributed by atoms with van der Waals surface area (Å²) in [5, 5.41) is 0. The summed E-state index contributed by atoms with van der Waals surface area (Å²) in [6.45, 7) is 9.02. The number of aliphatic imine (C=N–C) groups is 1. The van der Waals surface area contributed by atoms with Crippen LogP contribution in [0.1, 0.15) is 53.9 Å². The molecule has 0 saturated carbocycles. The molecule has 4 aromatic rings. The molecule has 0 saturated heterocycles. The third-order valence-corrected chi connectivity index (χ3v) is 10.7. The normalized spacial score (nSPS) is 21.6. The van der Waals surface area contributed by atoms with Crippen molar-refractivity contribution in [1.29, 1.82) is 0 Å². The molecule has 0 aromatic heterocycles. The fraction of sp³-hybridized carbons (Fsp3) is 0.140. The van der Waals surface area contributed by atoms with Crippen molar-refractivity contribution < 1.29 is 0 Å². The van der Waals surface area contributed by atoms with E-state index in [1.165, 1.54) is 45.4 Å². The van der Waals surface area contributed by atoms with E-state index in [-0.39, 0.29) is 5.92 Å². The van der Waals surface area contributed by atoms with Crippen LogP contribution in [-0.2, 0) is 0 Å². The van der Waals surface area contributed by atoms with Crippen molar-refractivity contribution in [3.63, 3.8) is 0 Å². The van der Waals surface area contributed by atoms with Gasteiger partial charge in [-0.15, -0.1) is 0 Å². The van der Waals surface area contributed by atoms with Gasteiger partial charge in [0, 0.05) is 17.4 Å². The molecule has 248 valence electrons. The van der Waals surface area contributed by atoms with Crippen LogP contribution in [0.4, 0.5) is 0 Å². The highest BCUT2D eigenvalue weighted by molar-refractivity contribution is 6.17. The van der Waals surface area contributed by atoms with E-state index in [1.54, 1.807) is 0 Å².